The predicted octanol–water partition coefficient (Wildman–Crippen LogP) is 5.04. The van der Waals surface area contributed by atoms with Crippen LogP contribution < -0.4 is 15.0 Å². The van der Waals surface area contributed by atoms with Gasteiger partial charge in [-0.1, -0.05) is 44.9 Å². The number of nitrogens with zero attached hydrogens (tertiary/aromatic N) is 1. The van der Waals surface area contributed by atoms with Crippen molar-refractivity contribution >= 4 is 33.1 Å². The molecule has 208 valence electrons. The van der Waals surface area contributed by atoms with Crippen LogP contribution in [0.3, 0.4) is 0 Å². The number of carbonyl (C=O) groups is 2. The normalized spacial score (nSPS) is 18.7. The van der Waals surface area contributed by atoms with E-state index in [0.717, 1.165) is 31.4 Å². The first kappa shape index (κ1) is 29.5. The summed E-state index contributed by atoms with van der Waals surface area (Å²) in [5.74, 6) is -0.574. The number of esters is 1. The molecule has 0 fully saturated rings. The molecule has 1 unspecified atom stereocenters. The molecule has 0 aliphatic carbocycles. The zero-order chi connectivity index (χ0) is 28.0. The van der Waals surface area contributed by atoms with Crippen LogP contribution in [-0.4, -0.2) is 51.3 Å². The summed E-state index contributed by atoms with van der Waals surface area (Å²) >= 11 is 0. The molecule has 0 bridgehead atoms. The number of anilines is 2. The number of ether oxygens (including phenoxy) is 2. The maximum atomic E-state index is 13.7. The number of amides is 1. The van der Waals surface area contributed by atoms with Gasteiger partial charge in [-0.2, -0.15) is 0 Å². The van der Waals surface area contributed by atoms with Crippen LogP contribution in [0.15, 0.2) is 53.4 Å². The Kier molecular flexibility index (Phi) is 9.46. The van der Waals surface area contributed by atoms with Crippen molar-refractivity contribution in [2.24, 2.45) is 5.41 Å². The number of unbranched alkanes of at least 4 members (excludes halogenated alkanes) is 1. The summed E-state index contributed by atoms with van der Waals surface area (Å²) in [4.78, 5) is 26.5. The number of para-hydroxylation sites is 1. The first-order valence-corrected chi connectivity index (χ1v) is 14.8. The van der Waals surface area contributed by atoms with Gasteiger partial charge in [0.2, 0.25) is 0 Å². The minimum Gasteiger partial charge on any atom is -0.484 e. The van der Waals surface area contributed by atoms with E-state index in [9.17, 15) is 18.0 Å². The molecule has 0 saturated heterocycles. The highest BCUT2D eigenvalue weighted by atomic mass is 32.2. The van der Waals surface area contributed by atoms with Crippen LogP contribution in [0.4, 0.5) is 11.4 Å². The second-order valence-corrected chi connectivity index (χ2v) is 12.9. The van der Waals surface area contributed by atoms with Gasteiger partial charge in [-0.3, -0.25) is 9.59 Å². The summed E-state index contributed by atoms with van der Waals surface area (Å²) in [6.45, 7) is 9.40. The topological polar surface area (TPSA) is 102 Å². The number of sulfone groups is 1. The second kappa shape index (κ2) is 12.2. The van der Waals surface area contributed by atoms with Crippen LogP contribution in [-0.2, 0) is 24.2 Å². The minimum absolute atomic E-state index is 0.0834. The van der Waals surface area contributed by atoms with Crippen molar-refractivity contribution in [2.45, 2.75) is 70.8 Å². The molecule has 1 amide bonds. The zero-order valence-electron chi connectivity index (χ0n) is 23.1. The third kappa shape index (κ3) is 7.72. The Balaban J connectivity index is 1.87. The fourth-order valence-corrected chi connectivity index (χ4v) is 6.85. The van der Waals surface area contributed by atoms with Crippen molar-refractivity contribution in [1.29, 1.82) is 0 Å². The van der Waals surface area contributed by atoms with Gasteiger partial charge in [-0.15, -0.1) is 0 Å². The molecule has 38 heavy (non-hydrogen) atoms. The van der Waals surface area contributed by atoms with Gasteiger partial charge in [-0.25, -0.2) is 8.42 Å². The molecular weight excluding hydrogens is 504 g/mol. The third-order valence-corrected chi connectivity index (χ3v) is 8.65. The van der Waals surface area contributed by atoms with Gasteiger partial charge in [0.05, 0.1) is 16.3 Å². The van der Waals surface area contributed by atoms with E-state index in [-0.39, 0.29) is 23.8 Å². The van der Waals surface area contributed by atoms with Gasteiger partial charge in [0.15, 0.2) is 16.4 Å². The Labute approximate surface area is 226 Å². The standard InChI is InChI=1S/C29H40N2O6S/c1-6-8-16-29(7-2)20-31(22-12-10-9-11-13-22)24-17-23(14-15-25(24)38(34,35)21-29)36-19-26(32)30-18-27(33)37-28(3,4)5/h9-15,17H,6-8,16,18-21H2,1-5H3,(H,30,32). The molecule has 2 aromatic carbocycles. The van der Waals surface area contributed by atoms with Crippen molar-refractivity contribution in [3.05, 3.63) is 48.5 Å². The lowest BCUT2D eigenvalue weighted by Crippen LogP contribution is -2.38. The lowest BCUT2D eigenvalue weighted by molar-refractivity contribution is -0.154. The smallest absolute Gasteiger partial charge is 0.325 e. The van der Waals surface area contributed by atoms with Crippen LogP contribution in [0.5, 0.6) is 5.75 Å². The van der Waals surface area contributed by atoms with Crippen LogP contribution in [0.25, 0.3) is 0 Å². The lowest BCUT2D eigenvalue weighted by Gasteiger charge is -2.36. The molecule has 1 N–H and O–H groups in total. The van der Waals surface area contributed by atoms with E-state index < -0.39 is 32.7 Å². The fraction of sp³-hybridized carbons (Fsp3) is 0.517. The summed E-state index contributed by atoms with van der Waals surface area (Å²) in [6, 6.07) is 14.6. The maximum Gasteiger partial charge on any atom is 0.325 e. The average molecular weight is 545 g/mol. The van der Waals surface area contributed by atoms with Crippen LogP contribution in [0.1, 0.15) is 60.3 Å². The summed E-state index contributed by atoms with van der Waals surface area (Å²) in [5, 5.41) is 2.49. The highest BCUT2D eigenvalue weighted by Gasteiger charge is 2.41. The Morgan fingerprint density at radius 3 is 2.42 bits per heavy atom. The quantitative estimate of drug-likeness (QED) is 0.418. The summed E-state index contributed by atoms with van der Waals surface area (Å²) in [6.07, 6.45) is 3.51. The van der Waals surface area contributed by atoms with E-state index in [1.807, 2.05) is 30.3 Å². The number of nitrogens with one attached hydrogen (secondary N) is 1. The van der Waals surface area contributed by atoms with E-state index in [1.165, 1.54) is 0 Å². The first-order valence-electron chi connectivity index (χ1n) is 13.2. The Hall–Kier alpha value is -3.07. The Morgan fingerprint density at radius 1 is 1.08 bits per heavy atom. The molecule has 0 aromatic heterocycles. The molecule has 3 rings (SSSR count). The van der Waals surface area contributed by atoms with Gasteiger partial charge < -0.3 is 19.7 Å². The highest BCUT2D eigenvalue weighted by molar-refractivity contribution is 7.91. The molecule has 0 spiro atoms. The third-order valence-electron chi connectivity index (χ3n) is 6.64. The largest absolute Gasteiger partial charge is 0.484 e. The van der Waals surface area contributed by atoms with Gasteiger partial charge in [0.1, 0.15) is 17.9 Å². The number of rotatable bonds is 10. The van der Waals surface area contributed by atoms with Gasteiger partial charge in [0.25, 0.3) is 5.91 Å². The molecule has 1 aliphatic rings. The maximum absolute atomic E-state index is 13.7. The monoisotopic (exact) mass is 544 g/mol. The zero-order valence-corrected chi connectivity index (χ0v) is 23.9. The van der Waals surface area contributed by atoms with E-state index in [0.29, 0.717) is 18.0 Å². The molecule has 1 aliphatic heterocycles. The molecule has 1 heterocycles. The first-order chi connectivity index (χ1) is 17.9. The fourth-order valence-electron chi connectivity index (χ4n) is 4.69. The molecular formula is C29H40N2O6S. The number of hydrogen-bond acceptors (Lipinski definition) is 7. The van der Waals surface area contributed by atoms with Crippen molar-refractivity contribution in [2.75, 3.05) is 30.3 Å². The molecule has 2 aromatic rings. The predicted molar refractivity (Wildman–Crippen MR) is 149 cm³/mol. The molecule has 0 radical (unpaired) electrons. The number of benzene rings is 2. The van der Waals surface area contributed by atoms with Crippen molar-refractivity contribution < 1.29 is 27.5 Å². The van der Waals surface area contributed by atoms with Gasteiger partial charge >= 0.3 is 5.97 Å². The number of fused-ring (bicyclic) bond motifs is 1. The van der Waals surface area contributed by atoms with Crippen LogP contribution in [0, 0.1) is 5.41 Å². The summed E-state index contributed by atoms with van der Waals surface area (Å²) in [7, 11) is -3.58. The Morgan fingerprint density at radius 2 is 1.79 bits per heavy atom. The van der Waals surface area contributed by atoms with E-state index in [4.69, 9.17) is 9.47 Å². The SMILES string of the molecule is CCCCC1(CC)CN(c2ccccc2)c2cc(OCC(=O)NCC(=O)OC(C)(C)C)ccc2S(=O)(=O)C1. The van der Waals surface area contributed by atoms with Gasteiger partial charge in [-0.05, 0) is 57.9 Å². The molecule has 1 atom stereocenters. The average Bonchev–Trinajstić information content (AvgIpc) is 2.96. The second-order valence-electron chi connectivity index (χ2n) is 10.9. The molecule has 0 saturated carbocycles. The summed E-state index contributed by atoms with van der Waals surface area (Å²) < 4.78 is 38.2. The Bertz CT molecular complexity index is 1220. The molecule has 9 heteroatoms. The minimum atomic E-state index is -3.58. The van der Waals surface area contributed by atoms with Crippen molar-refractivity contribution in [1.82, 2.24) is 5.32 Å². The lowest BCUT2D eigenvalue weighted by atomic mass is 9.81. The molecule has 8 nitrogen and oxygen atoms in total. The van der Waals surface area contributed by atoms with Crippen molar-refractivity contribution in [3.8, 4) is 5.75 Å². The van der Waals surface area contributed by atoms with E-state index in [2.05, 4.69) is 24.1 Å². The summed E-state index contributed by atoms with van der Waals surface area (Å²) in [5.41, 5.74) is 0.394. The highest BCUT2D eigenvalue weighted by Crippen LogP contribution is 2.45. The van der Waals surface area contributed by atoms with E-state index >= 15 is 0 Å². The number of hydrogen-bond donors (Lipinski definition) is 1. The van der Waals surface area contributed by atoms with Crippen molar-refractivity contribution in [3.63, 3.8) is 0 Å². The number of carbonyl (C=O) groups excluding carboxylic acids is 2. The van der Waals surface area contributed by atoms with Crippen LogP contribution >= 0.6 is 0 Å². The van der Waals surface area contributed by atoms with Crippen LogP contribution in [0.2, 0.25) is 0 Å². The van der Waals surface area contributed by atoms with Gasteiger partial charge in [0, 0.05) is 23.7 Å². The van der Waals surface area contributed by atoms with E-state index in [1.54, 1.807) is 39.0 Å².